The second kappa shape index (κ2) is 6.20. The van der Waals surface area contributed by atoms with Crippen molar-refractivity contribution in [3.05, 3.63) is 30.0 Å². The Balaban J connectivity index is 2.12. The lowest BCUT2D eigenvalue weighted by Gasteiger charge is -2.12. The van der Waals surface area contributed by atoms with Gasteiger partial charge in [0.15, 0.2) is 0 Å². The number of benzene rings is 1. The molecular weight excluding hydrogens is 234 g/mol. The smallest absolute Gasteiger partial charge is 0.0703 e. The summed E-state index contributed by atoms with van der Waals surface area (Å²) < 4.78 is 2.08. The highest BCUT2D eigenvalue weighted by atomic mass is 15.3. The molecule has 1 heterocycles. The Kier molecular flexibility index (Phi) is 4.59. The summed E-state index contributed by atoms with van der Waals surface area (Å²) in [6.07, 6.45) is 3.08. The normalized spacial score (nSPS) is 13.3. The van der Waals surface area contributed by atoms with Crippen LogP contribution in [-0.2, 0) is 13.0 Å². The van der Waals surface area contributed by atoms with Crippen molar-refractivity contribution in [2.24, 2.45) is 11.7 Å². The van der Waals surface area contributed by atoms with Crippen LogP contribution in [0.4, 0.5) is 0 Å². The first-order valence-electron chi connectivity index (χ1n) is 7.31. The van der Waals surface area contributed by atoms with Crippen LogP contribution in [0.3, 0.4) is 0 Å². The molecule has 2 aromatic rings. The second-order valence-electron chi connectivity index (χ2n) is 5.71. The van der Waals surface area contributed by atoms with E-state index in [0.717, 1.165) is 25.8 Å². The molecule has 1 unspecified atom stereocenters. The van der Waals surface area contributed by atoms with Crippen molar-refractivity contribution >= 4 is 10.9 Å². The number of aromatic nitrogens is 2. The third-order valence-electron chi connectivity index (χ3n) is 3.56. The van der Waals surface area contributed by atoms with Gasteiger partial charge in [0.25, 0.3) is 0 Å². The van der Waals surface area contributed by atoms with Crippen molar-refractivity contribution in [2.75, 3.05) is 0 Å². The van der Waals surface area contributed by atoms with Crippen molar-refractivity contribution in [2.45, 2.75) is 52.6 Å². The molecule has 3 nitrogen and oxygen atoms in total. The Labute approximate surface area is 115 Å². The fraction of sp³-hybridized carbons (Fsp3) is 0.562. The van der Waals surface area contributed by atoms with Crippen LogP contribution in [0.1, 0.15) is 39.3 Å². The standard InChI is InChI=1S/C16H25N3/c1-4-19-16-8-6-5-7-14(16)15(18-19)10-9-13(17)11-12(2)3/h5-8,12-13H,4,9-11,17H2,1-3H3. The summed E-state index contributed by atoms with van der Waals surface area (Å²) in [5.41, 5.74) is 8.60. The SMILES string of the molecule is CCn1nc(CCC(N)CC(C)C)c2ccccc21. The maximum absolute atomic E-state index is 6.17. The molecule has 0 aliphatic heterocycles. The number of rotatable bonds is 6. The minimum Gasteiger partial charge on any atom is -0.328 e. The molecule has 104 valence electrons. The fourth-order valence-electron chi connectivity index (χ4n) is 2.67. The Hall–Kier alpha value is -1.35. The van der Waals surface area contributed by atoms with Gasteiger partial charge in [-0.3, -0.25) is 4.68 Å². The molecule has 0 radical (unpaired) electrons. The monoisotopic (exact) mass is 259 g/mol. The van der Waals surface area contributed by atoms with Crippen LogP contribution >= 0.6 is 0 Å². The molecular formula is C16H25N3. The van der Waals surface area contributed by atoms with E-state index < -0.39 is 0 Å². The number of hydrogen-bond donors (Lipinski definition) is 1. The first-order chi connectivity index (χ1) is 9.11. The van der Waals surface area contributed by atoms with Gasteiger partial charge < -0.3 is 5.73 Å². The molecule has 1 aromatic heterocycles. The molecule has 0 bridgehead atoms. The zero-order chi connectivity index (χ0) is 13.8. The van der Waals surface area contributed by atoms with Gasteiger partial charge in [-0.05, 0) is 38.2 Å². The van der Waals surface area contributed by atoms with Crippen molar-refractivity contribution in [3.63, 3.8) is 0 Å². The Morgan fingerprint density at radius 1 is 1.26 bits per heavy atom. The number of aryl methyl sites for hydroxylation is 2. The third kappa shape index (κ3) is 3.35. The molecule has 0 saturated heterocycles. The zero-order valence-corrected chi connectivity index (χ0v) is 12.3. The molecule has 0 fully saturated rings. The van der Waals surface area contributed by atoms with E-state index in [4.69, 9.17) is 10.8 Å². The Morgan fingerprint density at radius 3 is 2.68 bits per heavy atom. The minimum atomic E-state index is 0.283. The van der Waals surface area contributed by atoms with Crippen molar-refractivity contribution in [1.29, 1.82) is 0 Å². The highest BCUT2D eigenvalue weighted by Crippen LogP contribution is 2.20. The van der Waals surface area contributed by atoms with Crippen molar-refractivity contribution in [1.82, 2.24) is 9.78 Å². The summed E-state index contributed by atoms with van der Waals surface area (Å²) in [5, 5.41) is 6.00. The van der Waals surface area contributed by atoms with E-state index in [-0.39, 0.29) is 6.04 Å². The molecule has 19 heavy (non-hydrogen) atoms. The summed E-state index contributed by atoms with van der Waals surface area (Å²) in [4.78, 5) is 0. The molecule has 1 aromatic carbocycles. The zero-order valence-electron chi connectivity index (χ0n) is 12.3. The van der Waals surface area contributed by atoms with Gasteiger partial charge in [-0.1, -0.05) is 32.0 Å². The second-order valence-corrected chi connectivity index (χ2v) is 5.71. The lowest BCUT2D eigenvalue weighted by molar-refractivity contribution is 0.471. The van der Waals surface area contributed by atoms with Crippen LogP contribution in [0, 0.1) is 5.92 Å². The van der Waals surface area contributed by atoms with Crippen molar-refractivity contribution in [3.8, 4) is 0 Å². The van der Waals surface area contributed by atoms with Crippen molar-refractivity contribution < 1.29 is 0 Å². The summed E-state index contributed by atoms with van der Waals surface area (Å²) in [6.45, 7) is 7.49. The highest BCUT2D eigenvalue weighted by Gasteiger charge is 2.11. The Morgan fingerprint density at radius 2 is 2.00 bits per heavy atom. The predicted octanol–water partition coefficient (Wildman–Crippen LogP) is 3.36. The van der Waals surface area contributed by atoms with E-state index in [1.165, 1.54) is 16.6 Å². The van der Waals surface area contributed by atoms with Gasteiger partial charge >= 0.3 is 0 Å². The first kappa shape index (κ1) is 14.1. The van der Waals surface area contributed by atoms with E-state index in [9.17, 15) is 0 Å². The minimum absolute atomic E-state index is 0.283. The van der Waals surface area contributed by atoms with Gasteiger partial charge in [0.2, 0.25) is 0 Å². The molecule has 0 saturated carbocycles. The van der Waals surface area contributed by atoms with Crippen LogP contribution in [0.15, 0.2) is 24.3 Å². The molecule has 0 spiro atoms. The van der Waals surface area contributed by atoms with Gasteiger partial charge in [-0.2, -0.15) is 5.10 Å². The van der Waals surface area contributed by atoms with E-state index in [2.05, 4.69) is 49.7 Å². The van der Waals surface area contributed by atoms with Crippen LogP contribution in [-0.4, -0.2) is 15.8 Å². The number of para-hydroxylation sites is 1. The number of nitrogens with two attached hydrogens (primary N) is 1. The van der Waals surface area contributed by atoms with Gasteiger partial charge in [0.1, 0.15) is 0 Å². The molecule has 0 aliphatic rings. The summed E-state index contributed by atoms with van der Waals surface area (Å²) in [6, 6.07) is 8.75. The van der Waals surface area contributed by atoms with Crippen LogP contribution in [0.25, 0.3) is 10.9 Å². The highest BCUT2D eigenvalue weighted by molar-refractivity contribution is 5.81. The molecule has 0 aliphatic carbocycles. The summed E-state index contributed by atoms with van der Waals surface area (Å²) in [7, 11) is 0. The van der Waals surface area contributed by atoms with Crippen LogP contribution in [0.5, 0.6) is 0 Å². The van der Waals surface area contributed by atoms with Gasteiger partial charge in [-0.15, -0.1) is 0 Å². The first-order valence-corrected chi connectivity index (χ1v) is 7.31. The molecule has 0 amide bonds. The third-order valence-corrected chi connectivity index (χ3v) is 3.56. The molecule has 2 rings (SSSR count). The number of fused-ring (bicyclic) bond motifs is 1. The van der Waals surface area contributed by atoms with E-state index >= 15 is 0 Å². The van der Waals surface area contributed by atoms with E-state index in [0.29, 0.717) is 5.92 Å². The summed E-state index contributed by atoms with van der Waals surface area (Å²) >= 11 is 0. The molecule has 1 atom stereocenters. The van der Waals surface area contributed by atoms with Crippen LogP contribution in [0.2, 0.25) is 0 Å². The topological polar surface area (TPSA) is 43.8 Å². The average molecular weight is 259 g/mol. The predicted molar refractivity (Wildman–Crippen MR) is 81.2 cm³/mol. The fourth-order valence-corrected chi connectivity index (χ4v) is 2.67. The summed E-state index contributed by atoms with van der Waals surface area (Å²) in [5.74, 6) is 0.667. The molecule has 2 N–H and O–H groups in total. The van der Waals surface area contributed by atoms with E-state index in [1.807, 2.05) is 0 Å². The van der Waals surface area contributed by atoms with Gasteiger partial charge in [-0.25, -0.2) is 0 Å². The van der Waals surface area contributed by atoms with E-state index in [1.54, 1.807) is 0 Å². The largest absolute Gasteiger partial charge is 0.328 e. The van der Waals surface area contributed by atoms with Crippen LogP contribution < -0.4 is 5.73 Å². The average Bonchev–Trinajstić information content (AvgIpc) is 2.74. The van der Waals surface area contributed by atoms with Gasteiger partial charge in [0, 0.05) is 18.0 Å². The maximum Gasteiger partial charge on any atom is 0.0703 e. The van der Waals surface area contributed by atoms with Gasteiger partial charge in [0.05, 0.1) is 11.2 Å². The lowest BCUT2D eigenvalue weighted by atomic mass is 9.99. The lowest BCUT2D eigenvalue weighted by Crippen LogP contribution is -2.22. The number of nitrogens with zero attached hydrogens (tertiary/aromatic N) is 2. The Bertz CT molecular complexity index is 528. The quantitative estimate of drug-likeness (QED) is 0.864. The molecule has 3 heteroatoms. The maximum atomic E-state index is 6.17. The number of hydrogen-bond acceptors (Lipinski definition) is 2.